The van der Waals surface area contributed by atoms with Crippen molar-refractivity contribution in [3.8, 4) is 0 Å². The Morgan fingerprint density at radius 2 is 2.26 bits per heavy atom. The molecule has 0 aliphatic carbocycles. The summed E-state index contributed by atoms with van der Waals surface area (Å²) in [7, 11) is 0. The number of hydrogen-bond donors (Lipinski definition) is 1. The normalized spacial score (nSPS) is 20.7. The summed E-state index contributed by atoms with van der Waals surface area (Å²) in [6.07, 6.45) is 5.13. The van der Waals surface area contributed by atoms with Crippen LogP contribution in [0.1, 0.15) is 49.8 Å². The fourth-order valence-electron chi connectivity index (χ4n) is 2.82. The molecule has 2 atom stereocenters. The fraction of sp³-hybridized carbons (Fsp3) is 0.625. The second-order valence-corrected chi connectivity index (χ2v) is 5.82. The Labute approximate surface area is 121 Å². The summed E-state index contributed by atoms with van der Waals surface area (Å²) in [6.45, 7) is 6.16. The van der Waals surface area contributed by atoms with Crippen LogP contribution in [0, 0.1) is 6.92 Å². The van der Waals surface area contributed by atoms with E-state index in [1.165, 1.54) is 24.0 Å². The Balaban J connectivity index is 2.00. The maximum atomic E-state index is 6.17. The molecule has 1 aromatic carbocycles. The van der Waals surface area contributed by atoms with E-state index in [0.29, 0.717) is 12.1 Å². The summed E-state index contributed by atoms with van der Waals surface area (Å²) in [5, 5.41) is 4.39. The minimum Gasteiger partial charge on any atom is -0.378 e. The monoisotopic (exact) mass is 281 g/mol. The molecule has 3 heteroatoms. The maximum absolute atomic E-state index is 6.17. The third kappa shape index (κ3) is 4.48. The largest absolute Gasteiger partial charge is 0.378 e. The average Bonchev–Trinajstić information content (AvgIpc) is 2.86. The molecule has 2 unspecified atom stereocenters. The molecule has 1 aliphatic heterocycles. The average molecular weight is 282 g/mol. The van der Waals surface area contributed by atoms with E-state index in [1.807, 2.05) is 6.07 Å². The van der Waals surface area contributed by atoms with Crippen molar-refractivity contribution in [1.29, 1.82) is 0 Å². The first kappa shape index (κ1) is 14.8. The van der Waals surface area contributed by atoms with Crippen LogP contribution in [0.3, 0.4) is 0 Å². The van der Waals surface area contributed by atoms with Crippen LogP contribution < -0.4 is 5.32 Å². The van der Waals surface area contributed by atoms with Gasteiger partial charge < -0.3 is 10.1 Å². The number of ether oxygens (including phenoxy) is 1. The standard InChI is InChI=1S/C16H24ClNO/c1-3-18-16(7-6-15-5-4-8-19-15)13-9-12(2)10-14(17)11-13/h9-11,15-16,18H,3-8H2,1-2H3. The van der Waals surface area contributed by atoms with Crippen LogP contribution in [0.2, 0.25) is 5.02 Å². The van der Waals surface area contributed by atoms with Gasteiger partial charge in [0.25, 0.3) is 0 Å². The molecule has 1 N–H and O–H groups in total. The summed E-state index contributed by atoms with van der Waals surface area (Å²) in [4.78, 5) is 0. The summed E-state index contributed by atoms with van der Waals surface area (Å²) in [5.41, 5.74) is 2.52. The highest BCUT2D eigenvalue weighted by atomic mass is 35.5. The highest BCUT2D eigenvalue weighted by Gasteiger charge is 2.18. The summed E-state index contributed by atoms with van der Waals surface area (Å²) >= 11 is 6.17. The van der Waals surface area contributed by atoms with Crippen molar-refractivity contribution in [1.82, 2.24) is 5.32 Å². The van der Waals surface area contributed by atoms with Crippen LogP contribution >= 0.6 is 11.6 Å². The number of benzene rings is 1. The number of aryl methyl sites for hydroxylation is 1. The smallest absolute Gasteiger partial charge is 0.0576 e. The second kappa shape index (κ2) is 7.28. The molecule has 0 bridgehead atoms. The molecule has 2 rings (SSSR count). The van der Waals surface area contributed by atoms with Gasteiger partial charge in [0.15, 0.2) is 0 Å². The Kier molecular flexibility index (Phi) is 5.68. The fourth-order valence-corrected chi connectivity index (χ4v) is 3.12. The highest BCUT2D eigenvalue weighted by molar-refractivity contribution is 6.30. The number of rotatable bonds is 6. The minimum atomic E-state index is 0.381. The van der Waals surface area contributed by atoms with Crippen LogP contribution in [0.5, 0.6) is 0 Å². The van der Waals surface area contributed by atoms with Crippen molar-refractivity contribution in [2.24, 2.45) is 0 Å². The first-order chi connectivity index (χ1) is 9.19. The van der Waals surface area contributed by atoms with E-state index in [-0.39, 0.29) is 0 Å². The van der Waals surface area contributed by atoms with Gasteiger partial charge in [0.1, 0.15) is 0 Å². The number of halogens is 1. The van der Waals surface area contributed by atoms with Crippen LogP contribution in [0.4, 0.5) is 0 Å². The van der Waals surface area contributed by atoms with Gasteiger partial charge in [-0.1, -0.05) is 24.6 Å². The predicted molar refractivity (Wildman–Crippen MR) is 80.8 cm³/mol. The van der Waals surface area contributed by atoms with Gasteiger partial charge in [0.2, 0.25) is 0 Å². The zero-order chi connectivity index (χ0) is 13.7. The zero-order valence-corrected chi connectivity index (χ0v) is 12.7. The van der Waals surface area contributed by atoms with E-state index in [9.17, 15) is 0 Å². The Hall–Kier alpha value is -0.570. The Bertz CT molecular complexity index is 381. The van der Waals surface area contributed by atoms with Crippen molar-refractivity contribution >= 4 is 11.6 Å². The van der Waals surface area contributed by atoms with E-state index in [2.05, 4.69) is 31.3 Å². The molecule has 0 spiro atoms. The molecule has 0 aromatic heterocycles. The lowest BCUT2D eigenvalue weighted by Crippen LogP contribution is -2.22. The third-order valence-electron chi connectivity index (χ3n) is 3.72. The van der Waals surface area contributed by atoms with Crippen molar-refractivity contribution in [2.75, 3.05) is 13.2 Å². The first-order valence-corrected chi connectivity index (χ1v) is 7.69. The van der Waals surface area contributed by atoms with Crippen molar-refractivity contribution in [3.05, 3.63) is 34.3 Å². The first-order valence-electron chi connectivity index (χ1n) is 7.31. The van der Waals surface area contributed by atoms with Crippen LogP contribution in [0.15, 0.2) is 18.2 Å². The van der Waals surface area contributed by atoms with Crippen LogP contribution in [0.25, 0.3) is 0 Å². The summed E-state index contributed by atoms with van der Waals surface area (Å²) in [5.74, 6) is 0. The molecule has 0 saturated carbocycles. The van der Waals surface area contributed by atoms with Gasteiger partial charge >= 0.3 is 0 Å². The lowest BCUT2D eigenvalue weighted by atomic mass is 9.98. The van der Waals surface area contributed by atoms with Crippen molar-refractivity contribution in [2.45, 2.75) is 51.7 Å². The molecule has 2 nitrogen and oxygen atoms in total. The van der Waals surface area contributed by atoms with Crippen molar-refractivity contribution in [3.63, 3.8) is 0 Å². The van der Waals surface area contributed by atoms with Crippen LogP contribution in [-0.2, 0) is 4.74 Å². The molecular formula is C16H24ClNO. The van der Waals surface area contributed by atoms with Gasteiger partial charge in [-0.2, -0.15) is 0 Å². The van der Waals surface area contributed by atoms with Gasteiger partial charge in [0, 0.05) is 17.7 Å². The van der Waals surface area contributed by atoms with Gasteiger partial charge in [-0.05, 0) is 62.4 Å². The number of hydrogen-bond acceptors (Lipinski definition) is 2. The lowest BCUT2D eigenvalue weighted by molar-refractivity contribution is 0.0996. The van der Waals surface area contributed by atoms with E-state index < -0.39 is 0 Å². The minimum absolute atomic E-state index is 0.381. The predicted octanol–water partition coefficient (Wildman–Crippen LogP) is 4.26. The van der Waals surface area contributed by atoms with E-state index in [0.717, 1.165) is 31.0 Å². The molecule has 0 radical (unpaired) electrons. The zero-order valence-electron chi connectivity index (χ0n) is 11.9. The molecule has 19 heavy (non-hydrogen) atoms. The lowest BCUT2D eigenvalue weighted by Gasteiger charge is -2.21. The Morgan fingerprint density at radius 3 is 2.89 bits per heavy atom. The topological polar surface area (TPSA) is 21.3 Å². The molecule has 1 fully saturated rings. The second-order valence-electron chi connectivity index (χ2n) is 5.38. The molecule has 106 valence electrons. The summed E-state index contributed by atoms with van der Waals surface area (Å²) in [6, 6.07) is 6.70. The summed E-state index contributed by atoms with van der Waals surface area (Å²) < 4.78 is 5.71. The quantitative estimate of drug-likeness (QED) is 0.841. The van der Waals surface area contributed by atoms with Gasteiger partial charge in [-0.15, -0.1) is 0 Å². The van der Waals surface area contributed by atoms with Gasteiger partial charge in [0.05, 0.1) is 6.10 Å². The van der Waals surface area contributed by atoms with Crippen molar-refractivity contribution < 1.29 is 4.74 Å². The highest BCUT2D eigenvalue weighted by Crippen LogP contribution is 2.26. The Morgan fingerprint density at radius 1 is 1.42 bits per heavy atom. The SMILES string of the molecule is CCNC(CCC1CCCO1)c1cc(C)cc(Cl)c1. The molecular weight excluding hydrogens is 258 g/mol. The molecule has 1 aliphatic rings. The molecule has 1 aromatic rings. The van der Waals surface area contributed by atoms with E-state index >= 15 is 0 Å². The third-order valence-corrected chi connectivity index (χ3v) is 3.94. The maximum Gasteiger partial charge on any atom is 0.0576 e. The van der Waals surface area contributed by atoms with Crippen LogP contribution in [-0.4, -0.2) is 19.3 Å². The molecule has 1 saturated heterocycles. The van der Waals surface area contributed by atoms with E-state index in [4.69, 9.17) is 16.3 Å². The van der Waals surface area contributed by atoms with E-state index in [1.54, 1.807) is 0 Å². The molecule has 1 heterocycles. The van der Waals surface area contributed by atoms with Gasteiger partial charge in [-0.3, -0.25) is 0 Å². The number of nitrogens with one attached hydrogen (secondary N) is 1. The van der Waals surface area contributed by atoms with Gasteiger partial charge in [-0.25, -0.2) is 0 Å². The molecule has 0 amide bonds.